The Morgan fingerprint density at radius 2 is 1.89 bits per heavy atom. The van der Waals surface area contributed by atoms with Crippen molar-refractivity contribution >= 4 is 11.6 Å². The summed E-state index contributed by atoms with van der Waals surface area (Å²) in [4.78, 5) is 2.30. The molecule has 0 saturated carbocycles. The van der Waals surface area contributed by atoms with Crippen LogP contribution in [0.5, 0.6) is 0 Å². The molecule has 0 fully saturated rings. The van der Waals surface area contributed by atoms with Crippen LogP contribution in [0.2, 0.25) is 5.02 Å². The van der Waals surface area contributed by atoms with Crippen LogP contribution < -0.4 is 5.73 Å². The summed E-state index contributed by atoms with van der Waals surface area (Å²) >= 11 is 5.76. The zero-order chi connectivity index (χ0) is 14.6. The zero-order valence-electron chi connectivity index (χ0n) is 12.2. The van der Waals surface area contributed by atoms with Gasteiger partial charge in [-0.2, -0.15) is 0 Å². The number of hydrogen-bond acceptors (Lipinski definition) is 2. The van der Waals surface area contributed by atoms with Gasteiger partial charge in [0.1, 0.15) is 5.82 Å². The number of halogens is 2. The fourth-order valence-electron chi connectivity index (χ4n) is 2.45. The van der Waals surface area contributed by atoms with Gasteiger partial charge in [0.15, 0.2) is 0 Å². The van der Waals surface area contributed by atoms with Gasteiger partial charge in [-0.15, -0.1) is 0 Å². The Morgan fingerprint density at radius 3 is 2.37 bits per heavy atom. The lowest BCUT2D eigenvalue weighted by molar-refractivity contribution is 0.106. The van der Waals surface area contributed by atoms with E-state index in [0.29, 0.717) is 17.0 Å². The van der Waals surface area contributed by atoms with Crippen LogP contribution in [-0.2, 0) is 6.42 Å². The maximum Gasteiger partial charge on any atom is 0.127 e. The highest BCUT2D eigenvalue weighted by Gasteiger charge is 2.31. The van der Waals surface area contributed by atoms with Crippen LogP contribution in [0.15, 0.2) is 18.2 Å². The summed E-state index contributed by atoms with van der Waals surface area (Å²) in [6.45, 7) is 10.3. The first-order valence-electron chi connectivity index (χ1n) is 6.77. The van der Waals surface area contributed by atoms with E-state index in [4.69, 9.17) is 17.3 Å². The van der Waals surface area contributed by atoms with Crippen molar-refractivity contribution in [3.63, 3.8) is 0 Å². The van der Waals surface area contributed by atoms with Crippen LogP contribution in [0, 0.1) is 5.82 Å². The first-order chi connectivity index (χ1) is 8.82. The Morgan fingerprint density at radius 1 is 1.32 bits per heavy atom. The maximum absolute atomic E-state index is 13.8. The molecule has 1 rings (SSSR count). The van der Waals surface area contributed by atoms with Crippen molar-refractivity contribution in [1.82, 2.24) is 4.90 Å². The van der Waals surface area contributed by atoms with E-state index in [-0.39, 0.29) is 17.4 Å². The summed E-state index contributed by atoms with van der Waals surface area (Å²) < 4.78 is 13.8. The number of nitrogens with zero attached hydrogens (tertiary/aromatic N) is 1. The Hall–Kier alpha value is -0.640. The topological polar surface area (TPSA) is 29.3 Å². The Kier molecular flexibility index (Phi) is 5.78. The molecule has 0 aliphatic heterocycles. The number of rotatable bonds is 6. The quantitative estimate of drug-likeness (QED) is 0.868. The minimum atomic E-state index is -0.279. The minimum Gasteiger partial charge on any atom is -0.326 e. The SMILES string of the molecule is CCN(CC)C(C)(C)C(N)Cc1ccc(Cl)cc1F. The van der Waals surface area contributed by atoms with E-state index < -0.39 is 0 Å². The van der Waals surface area contributed by atoms with Gasteiger partial charge in [0.2, 0.25) is 0 Å². The van der Waals surface area contributed by atoms with Crippen LogP contribution in [0.3, 0.4) is 0 Å². The predicted molar refractivity (Wildman–Crippen MR) is 80.1 cm³/mol. The van der Waals surface area contributed by atoms with Crippen molar-refractivity contribution in [2.75, 3.05) is 13.1 Å². The van der Waals surface area contributed by atoms with Crippen LogP contribution >= 0.6 is 11.6 Å². The van der Waals surface area contributed by atoms with E-state index in [1.165, 1.54) is 6.07 Å². The number of benzene rings is 1. The summed E-state index contributed by atoms with van der Waals surface area (Å²) in [6.07, 6.45) is 0.506. The molecule has 0 spiro atoms. The Labute approximate surface area is 120 Å². The molecule has 0 aliphatic rings. The third-order valence-electron chi connectivity index (χ3n) is 3.94. The molecular formula is C15H24ClFN2. The lowest BCUT2D eigenvalue weighted by atomic mass is 9.88. The third kappa shape index (κ3) is 3.91. The second kappa shape index (κ2) is 6.69. The van der Waals surface area contributed by atoms with Crippen molar-refractivity contribution in [2.45, 2.75) is 45.7 Å². The molecule has 1 aromatic rings. The van der Waals surface area contributed by atoms with Gasteiger partial charge in [-0.05, 0) is 51.1 Å². The monoisotopic (exact) mass is 286 g/mol. The molecule has 19 heavy (non-hydrogen) atoms. The van der Waals surface area contributed by atoms with Crippen molar-refractivity contribution in [2.24, 2.45) is 5.73 Å². The van der Waals surface area contributed by atoms with Gasteiger partial charge in [-0.25, -0.2) is 4.39 Å². The Balaban J connectivity index is 2.86. The lowest BCUT2D eigenvalue weighted by Crippen LogP contribution is -2.56. The summed E-state index contributed by atoms with van der Waals surface area (Å²) in [5.41, 5.74) is 6.75. The lowest BCUT2D eigenvalue weighted by Gasteiger charge is -2.42. The van der Waals surface area contributed by atoms with E-state index in [1.54, 1.807) is 12.1 Å². The van der Waals surface area contributed by atoms with E-state index in [2.05, 4.69) is 32.6 Å². The van der Waals surface area contributed by atoms with Gasteiger partial charge in [-0.1, -0.05) is 31.5 Å². The van der Waals surface area contributed by atoms with Crippen LogP contribution in [0.1, 0.15) is 33.3 Å². The summed E-state index contributed by atoms with van der Waals surface area (Å²) in [5.74, 6) is -0.279. The fourth-order valence-corrected chi connectivity index (χ4v) is 2.61. The standard InChI is InChI=1S/C15H24ClFN2/c1-5-19(6-2)15(3,4)14(18)9-11-7-8-12(16)10-13(11)17/h7-8,10,14H,5-6,9,18H2,1-4H3. The van der Waals surface area contributed by atoms with Crippen LogP contribution in [0.4, 0.5) is 4.39 Å². The van der Waals surface area contributed by atoms with Gasteiger partial charge in [0.25, 0.3) is 0 Å². The van der Waals surface area contributed by atoms with Gasteiger partial charge in [-0.3, -0.25) is 4.90 Å². The molecule has 1 aromatic carbocycles. The normalized spacial score (nSPS) is 13.9. The molecule has 2 N–H and O–H groups in total. The zero-order valence-corrected chi connectivity index (χ0v) is 13.0. The number of hydrogen-bond donors (Lipinski definition) is 1. The molecule has 108 valence electrons. The van der Waals surface area contributed by atoms with E-state index in [0.717, 1.165) is 13.1 Å². The second-order valence-corrected chi connectivity index (χ2v) is 5.81. The molecule has 4 heteroatoms. The van der Waals surface area contributed by atoms with Crippen molar-refractivity contribution in [3.05, 3.63) is 34.6 Å². The van der Waals surface area contributed by atoms with Crippen molar-refractivity contribution in [3.8, 4) is 0 Å². The Bertz CT molecular complexity index is 417. The van der Waals surface area contributed by atoms with Gasteiger partial charge in [0, 0.05) is 16.6 Å². The average Bonchev–Trinajstić information content (AvgIpc) is 2.33. The molecular weight excluding hydrogens is 263 g/mol. The number of nitrogens with two attached hydrogens (primary N) is 1. The maximum atomic E-state index is 13.8. The second-order valence-electron chi connectivity index (χ2n) is 5.37. The van der Waals surface area contributed by atoms with Crippen molar-refractivity contribution < 1.29 is 4.39 Å². The number of likely N-dealkylation sites (N-methyl/N-ethyl adjacent to an activating group) is 1. The van der Waals surface area contributed by atoms with E-state index >= 15 is 0 Å². The minimum absolute atomic E-state index is 0.136. The molecule has 0 radical (unpaired) electrons. The highest BCUT2D eigenvalue weighted by molar-refractivity contribution is 6.30. The highest BCUT2D eigenvalue weighted by Crippen LogP contribution is 2.22. The molecule has 2 nitrogen and oxygen atoms in total. The third-order valence-corrected chi connectivity index (χ3v) is 4.18. The van der Waals surface area contributed by atoms with Crippen LogP contribution in [-0.4, -0.2) is 29.6 Å². The molecule has 0 amide bonds. The largest absolute Gasteiger partial charge is 0.326 e. The van der Waals surface area contributed by atoms with E-state index in [9.17, 15) is 4.39 Å². The molecule has 0 saturated heterocycles. The summed E-state index contributed by atoms with van der Waals surface area (Å²) in [5, 5.41) is 0.415. The first-order valence-corrected chi connectivity index (χ1v) is 7.15. The molecule has 0 heterocycles. The summed E-state index contributed by atoms with van der Waals surface area (Å²) in [6, 6.07) is 4.63. The predicted octanol–water partition coefficient (Wildman–Crippen LogP) is 3.47. The molecule has 0 aliphatic carbocycles. The van der Waals surface area contributed by atoms with E-state index in [1.807, 2.05) is 0 Å². The average molecular weight is 287 g/mol. The van der Waals surface area contributed by atoms with Gasteiger partial charge >= 0.3 is 0 Å². The molecule has 0 bridgehead atoms. The summed E-state index contributed by atoms with van der Waals surface area (Å²) in [7, 11) is 0. The highest BCUT2D eigenvalue weighted by atomic mass is 35.5. The van der Waals surface area contributed by atoms with Gasteiger partial charge < -0.3 is 5.73 Å². The smallest absolute Gasteiger partial charge is 0.127 e. The van der Waals surface area contributed by atoms with Gasteiger partial charge in [0.05, 0.1) is 0 Å². The fraction of sp³-hybridized carbons (Fsp3) is 0.600. The molecule has 1 unspecified atom stereocenters. The van der Waals surface area contributed by atoms with Crippen LogP contribution in [0.25, 0.3) is 0 Å². The molecule has 1 atom stereocenters. The molecule has 0 aromatic heterocycles. The first kappa shape index (κ1) is 16.4. The van der Waals surface area contributed by atoms with Crippen molar-refractivity contribution in [1.29, 1.82) is 0 Å².